The maximum Gasteiger partial charge on any atom is 0.416 e. The second-order valence-electron chi connectivity index (χ2n) is 10.5. The molecule has 1 aromatic heterocycles. The fraction of sp³-hybridized carbons (Fsp3) is 0.312. The van der Waals surface area contributed by atoms with Gasteiger partial charge in [-0.05, 0) is 90.8 Å². The van der Waals surface area contributed by atoms with Crippen LogP contribution >= 0.6 is 12.2 Å². The number of nitrogens with one attached hydrogen (secondary N) is 3. The molecule has 43 heavy (non-hydrogen) atoms. The van der Waals surface area contributed by atoms with Crippen molar-refractivity contribution in [2.24, 2.45) is 0 Å². The molecule has 0 saturated carbocycles. The summed E-state index contributed by atoms with van der Waals surface area (Å²) in [5.74, 6) is 0.796. The van der Waals surface area contributed by atoms with Crippen LogP contribution in [0.3, 0.4) is 0 Å². The van der Waals surface area contributed by atoms with Crippen LogP contribution in [0.15, 0.2) is 73.1 Å². The van der Waals surface area contributed by atoms with Crippen LogP contribution in [-0.2, 0) is 19.0 Å². The summed E-state index contributed by atoms with van der Waals surface area (Å²) in [7, 11) is 0. The first-order valence-corrected chi connectivity index (χ1v) is 14.6. The Bertz CT molecular complexity index is 1530. The molecule has 0 aliphatic carbocycles. The molecule has 4 aromatic rings. The van der Waals surface area contributed by atoms with E-state index < -0.39 is 11.7 Å². The van der Waals surface area contributed by atoms with E-state index in [-0.39, 0.29) is 11.1 Å². The van der Waals surface area contributed by atoms with Gasteiger partial charge in [0.05, 0.1) is 11.3 Å². The van der Waals surface area contributed by atoms with Crippen LogP contribution in [0.25, 0.3) is 17.1 Å². The van der Waals surface area contributed by atoms with E-state index in [1.165, 1.54) is 28.7 Å². The number of alkyl halides is 3. The molecule has 226 valence electrons. The van der Waals surface area contributed by atoms with E-state index in [0.717, 1.165) is 60.2 Å². The first-order chi connectivity index (χ1) is 20.5. The number of halogens is 3. The number of thiocarbonyl (C=S) groups is 1. The van der Waals surface area contributed by atoms with Crippen molar-refractivity contribution >= 4 is 29.0 Å². The van der Waals surface area contributed by atoms with E-state index in [1.807, 2.05) is 24.3 Å². The van der Waals surface area contributed by atoms with Gasteiger partial charge in [0.2, 0.25) is 0 Å². The highest BCUT2D eigenvalue weighted by Crippen LogP contribution is 2.30. The van der Waals surface area contributed by atoms with E-state index in [4.69, 9.17) is 12.2 Å². The molecule has 0 bridgehead atoms. The number of aromatic nitrogens is 3. The lowest BCUT2D eigenvalue weighted by molar-refractivity contribution is -0.137. The lowest BCUT2D eigenvalue weighted by atomic mass is 9.98. The second-order valence-corrected chi connectivity index (χ2v) is 10.9. The molecule has 7 nitrogen and oxygen atoms in total. The first kappa shape index (κ1) is 31.7. The Morgan fingerprint density at radius 3 is 2.33 bits per heavy atom. The molecule has 4 rings (SSSR count). The van der Waals surface area contributed by atoms with E-state index in [2.05, 4.69) is 65.0 Å². The monoisotopic (exact) mass is 608 g/mol. The number of benzene rings is 3. The van der Waals surface area contributed by atoms with Crippen LogP contribution in [-0.4, -0.2) is 32.5 Å². The molecule has 1 heterocycles. The zero-order valence-electron chi connectivity index (χ0n) is 24.3. The third kappa shape index (κ3) is 8.87. The highest BCUT2D eigenvalue weighted by molar-refractivity contribution is 7.80. The van der Waals surface area contributed by atoms with E-state index >= 15 is 0 Å². The van der Waals surface area contributed by atoms with Crippen LogP contribution in [0.5, 0.6) is 0 Å². The van der Waals surface area contributed by atoms with Gasteiger partial charge in [-0.1, -0.05) is 57.2 Å². The average molecular weight is 609 g/mol. The van der Waals surface area contributed by atoms with Crippen LogP contribution in [0, 0.1) is 0 Å². The number of amides is 2. The zero-order valence-corrected chi connectivity index (χ0v) is 25.1. The van der Waals surface area contributed by atoms with Gasteiger partial charge in [0, 0.05) is 17.8 Å². The second kappa shape index (κ2) is 14.3. The van der Waals surface area contributed by atoms with E-state index in [9.17, 15) is 18.0 Å². The summed E-state index contributed by atoms with van der Waals surface area (Å²) >= 11 is 5.36. The first-order valence-electron chi connectivity index (χ1n) is 14.2. The number of unbranched alkanes of at least 4 members (excludes halogenated alkanes) is 1. The normalized spacial score (nSPS) is 11.4. The van der Waals surface area contributed by atoms with Crippen LogP contribution in [0.4, 0.5) is 23.7 Å². The van der Waals surface area contributed by atoms with Crippen molar-refractivity contribution in [3.8, 4) is 17.1 Å². The summed E-state index contributed by atoms with van der Waals surface area (Å²) in [5.41, 5.74) is 4.96. The van der Waals surface area contributed by atoms with Crippen molar-refractivity contribution in [1.82, 2.24) is 25.4 Å². The van der Waals surface area contributed by atoms with Gasteiger partial charge in [-0.2, -0.15) is 13.2 Å². The molecule has 11 heteroatoms. The van der Waals surface area contributed by atoms with Gasteiger partial charge in [0.15, 0.2) is 10.9 Å². The molecule has 0 spiro atoms. The predicted molar refractivity (Wildman–Crippen MR) is 167 cm³/mol. The number of urea groups is 1. The van der Waals surface area contributed by atoms with Gasteiger partial charge in [-0.3, -0.25) is 5.32 Å². The maximum absolute atomic E-state index is 12.8. The van der Waals surface area contributed by atoms with Crippen molar-refractivity contribution in [2.45, 2.75) is 58.5 Å². The number of nitrogens with zero attached hydrogens (tertiary/aromatic N) is 3. The number of carbonyl (C=O) groups is 1. The fourth-order valence-corrected chi connectivity index (χ4v) is 4.74. The summed E-state index contributed by atoms with van der Waals surface area (Å²) in [6, 6.07) is 18.5. The molecule has 0 aliphatic heterocycles. The number of hydrogen-bond donors (Lipinski definition) is 3. The van der Waals surface area contributed by atoms with Gasteiger partial charge in [0.25, 0.3) is 0 Å². The molecule has 0 saturated heterocycles. The minimum Gasteiger partial charge on any atom is -0.338 e. The molecular weight excluding hydrogens is 573 g/mol. The SMILES string of the molecule is CCc1ccc(C(C)C)c(NC(=S)NC(=O)NCCCCc2ccc(-c3ncn(-c4ccc(C(F)(F)F)cc4)n3)cc2)c1. The summed E-state index contributed by atoms with van der Waals surface area (Å²) in [6.45, 7) is 6.84. The molecule has 0 radical (unpaired) electrons. The minimum atomic E-state index is -4.38. The highest BCUT2D eigenvalue weighted by Gasteiger charge is 2.30. The lowest BCUT2D eigenvalue weighted by Crippen LogP contribution is -2.42. The third-order valence-corrected chi connectivity index (χ3v) is 7.17. The number of hydrogen-bond acceptors (Lipinski definition) is 4. The molecule has 3 aromatic carbocycles. The van der Waals surface area contributed by atoms with E-state index in [0.29, 0.717) is 24.0 Å². The number of carbonyl (C=O) groups excluding carboxylic acids is 1. The molecule has 0 aliphatic rings. The van der Waals surface area contributed by atoms with Crippen molar-refractivity contribution in [1.29, 1.82) is 0 Å². The van der Waals surface area contributed by atoms with Crippen molar-refractivity contribution in [3.05, 3.63) is 95.3 Å². The fourth-order valence-electron chi connectivity index (χ4n) is 4.54. The zero-order chi connectivity index (χ0) is 31.0. The lowest BCUT2D eigenvalue weighted by Gasteiger charge is -2.17. The smallest absolute Gasteiger partial charge is 0.338 e. The molecule has 3 N–H and O–H groups in total. The summed E-state index contributed by atoms with van der Waals surface area (Å²) in [5, 5.41) is 13.4. The summed E-state index contributed by atoms with van der Waals surface area (Å²) in [6.07, 6.45) is 0.516. The number of rotatable bonds is 10. The van der Waals surface area contributed by atoms with Gasteiger partial charge in [-0.25, -0.2) is 14.5 Å². The molecule has 0 atom stereocenters. The Hall–Kier alpha value is -4.25. The Morgan fingerprint density at radius 2 is 1.67 bits per heavy atom. The number of anilines is 1. The standard InChI is InChI=1S/C32H35F3N6OS/c1-4-22-10-17-27(21(2)3)28(19-22)38-31(43)39-30(42)36-18-6-5-7-23-8-11-24(12-9-23)29-37-20-41(40-29)26-15-13-25(14-16-26)32(33,34)35/h8-17,19-21H,4-7,18H2,1-3H3,(H3,36,38,39,42,43). The maximum atomic E-state index is 12.8. The molecule has 2 amide bonds. The third-order valence-electron chi connectivity index (χ3n) is 6.96. The van der Waals surface area contributed by atoms with Crippen molar-refractivity contribution in [3.63, 3.8) is 0 Å². The quantitative estimate of drug-likeness (QED) is 0.127. The Balaban J connectivity index is 1.19. The molecular formula is C32H35F3N6OS. The van der Waals surface area contributed by atoms with Gasteiger partial charge >= 0.3 is 12.2 Å². The topological polar surface area (TPSA) is 83.9 Å². The Morgan fingerprint density at radius 1 is 0.977 bits per heavy atom. The Kier molecular flexibility index (Phi) is 10.5. The van der Waals surface area contributed by atoms with Gasteiger partial charge < -0.3 is 10.6 Å². The molecule has 0 fully saturated rings. The Labute approximate surface area is 254 Å². The van der Waals surface area contributed by atoms with Crippen LogP contribution in [0.1, 0.15) is 61.8 Å². The largest absolute Gasteiger partial charge is 0.416 e. The average Bonchev–Trinajstić information content (AvgIpc) is 3.47. The predicted octanol–water partition coefficient (Wildman–Crippen LogP) is 7.66. The summed E-state index contributed by atoms with van der Waals surface area (Å²) in [4.78, 5) is 16.6. The summed E-state index contributed by atoms with van der Waals surface area (Å²) < 4.78 is 39.9. The van der Waals surface area contributed by atoms with Crippen molar-refractivity contribution < 1.29 is 18.0 Å². The van der Waals surface area contributed by atoms with Gasteiger partial charge in [0.1, 0.15) is 6.33 Å². The van der Waals surface area contributed by atoms with E-state index in [1.54, 1.807) is 0 Å². The van der Waals surface area contributed by atoms with Crippen molar-refractivity contribution in [2.75, 3.05) is 11.9 Å². The van der Waals surface area contributed by atoms with Crippen LogP contribution in [0.2, 0.25) is 0 Å². The molecule has 0 unspecified atom stereocenters. The highest BCUT2D eigenvalue weighted by atomic mass is 32.1. The van der Waals surface area contributed by atoms with Crippen LogP contribution < -0.4 is 16.0 Å². The minimum absolute atomic E-state index is 0.256. The number of aryl methyl sites for hydroxylation is 2. The van der Waals surface area contributed by atoms with Gasteiger partial charge in [-0.15, -0.1) is 5.10 Å².